The van der Waals surface area contributed by atoms with Crippen molar-refractivity contribution in [3.05, 3.63) is 29.8 Å². The molecule has 1 rings (SSSR count). The molecule has 0 aliphatic heterocycles. The number of alkyl halides is 3. The first-order valence-corrected chi connectivity index (χ1v) is 7.35. The molecule has 0 saturated heterocycles. The van der Waals surface area contributed by atoms with E-state index in [1.165, 1.54) is 18.2 Å². The molecule has 112 valence electrons. The van der Waals surface area contributed by atoms with Crippen LogP contribution in [0.15, 0.2) is 24.3 Å². The Morgan fingerprint density at radius 2 is 2.15 bits per heavy atom. The molecule has 0 radical (unpaired) electrons. The average molecular weight is 350 g/mol. The maximum absolute atomic E-state index is 12.1. The fourth-order valence-corrected chi connectivity index (χ4v) is 2.65. The molecular formula is C14H18BrF2NO2. The molecule has 0 aliphatic rings. The summed E-state index contributed by atoms with van der Waals surface area (Å²) in [6, 6.07) is 5.76. The Bertz CT molecular complexity index is 453. The lowest BCUT2D eigenvalue weighted by atomic mass is 9.90. The number of carbonyl (C=O) groups is 1. The van der Waals surface area contributed by atoms with Gasteiger partial charge in [-0.25, -0.2) is 0 Å². The summed E-state index contributed by atoms with van der Waals surface area (Å²) in [6.45, 7) is 1.71. The predicted octanol–water partition coefficient (Wildman–Crippen LogP) is 3.83. The molecule has 0 unspecified atom stereocenters. The quantitative estimate of drug-likeness (QED) is 0.759. The normalized spacial score (nSPS) is 11.5. The van der Waals surface area contributed by atoms with Crippen molar-refractivity contribution in [2.24, 2.45) is 5.41 Å². The lowest BCUT2D eigenvalue weighted by Crippen LogP contribution is -2.34. The number of rotatable bonds is 7. The molecule has 1 aromatic carbocycles. The number of halogens is 3. The number of nitrogens with one attached hydrogen (secondary N) is 1. The molecule has 1 aromatic rings. The van der Waals surface area contributed by atoms with Gasteiger partial charge in [0.05, 0.1) is 0 Å². The molecule has 3 nitrogen and oxygen atoms in total. The van der Waals surface area contributed by atoms with Gasteiger partial charge in [0.15, 0.2) is 0 Å². The van der Waals surface area contributed by atoms with Crippen LogP contribution in [0.2, 0.25) is 0 Å². The van der Waals surface area contributed by atoms with E-state index < -0.39 is 6.61 Å². The molecule has 1 N–H and O–H groups in total. The average Bonchev–Trinajstić information content (AvgIpc) is 2.35. The van der Waals surface area contributed by atoms with Gasteiger partial charge >= 0.3 is 6.61 Å². The molecule has 0 aliphatic carbocycles. The number of hydrogen-bond acceptors (Lipinski definition) is 2. The highest BCUT2D eigenvalue weighted by Gasteiger charge is 2.18. The molecule has 0 saturated carbocycles. The Morgan fingerprint density at radius 1 is 1.45 bits per heavy atom. The van der Waals surface area contributed by atoms with Crippen LogP contribution in [0.3, 0.4) is 0 Å². The summed E-state index contributed by atoms with van der Waals surface area (Å²) in [5, 5.41) is 3.66. The first-order valence-electron chi connectivity index (χ1n) is 6.23. The van der Waals surface area contributed by atoms with Gasteiger partial charge in [0.1, 0.15) is 5.75 Å². The molecule has 0 aromatic heterocycles. The largest absolute Gasteiger partial charge is 0.435 e. The van der Waals surface area contributed by atoms with Crippen LogP contribution in [0.1, 0.15) is 30.6 Å². The summed E-state index contributed by atoms with van der Waals surface area (Å²) in [5.74, 6) is -0.320. The summed E-state index contributed by atoms with van der Waals surface area (Å²) < 4.78 is 28.5. The van der Waals surface area contributed by atoms with E-state index in [2.05, 4.69) is 26.0 Å². The van der Waals surface area contributed by atoms with Crippen LogP contribution < -0.4 is 10.1 Å². The first-order chi connectivity index (χ1) is 9.34. The van der Waals surface area contributed by atoms with Gasteiger partial charge in [0.25, 0.3) is 5.91 Å². The van der Waals surface area contributed by atoms with Crippen LogP contribution in [0.5, 0.6) is 5.75 Å². The maximum atomic E-state index is 12.1. The highest BCUT2D eigenvalue weighted by molar-refractivity contribution is 9.09. The molecule has 0 heterocycles. The second kappa shape index (κ2) is 7.57. The summed E-state index contributed by atoms with van der Waals surface area (Å²) in [5.41, 5.74) is 0.272. The van der Waals surface area contributed by atoms with Crippen molar-refractivity contribution >= 4 is 21.8 Å². The summed E-state index contributed by atoms with van der Waals surface area (Å²) in [7, 11) is 0. The van der Waals surface area contributed by atoms with E-state index in [9.17, 15) is 13.6 Å². The molecular weight excluding hydrogens is 332 g/mol. The molecule has 0 bridgehead atoms. The minimum Gasteiger partial charge on any atom is -0.435 e. The zero-order chi connectivity index (χ0) is 15.2. The number of benzene rings is 1. The first kappa shape index (κ1) is 16.9. The van der Waals surface area contributed by atoms with Crippen molar-refractivity contribution in [3.63, 3.8) is 0 Å². The Kier molecular flexibility index (Phi) is 6.39. The fourth-order valence-electron chi connectivity index (χ4n) is 1.58. The third-order valence-electron chi connectivity index (χ3n) is 2.82. The van der Waals surface area contributed by atoms with E-state index in [0.717, 1.165) is 11.8 Å². The molecule has 20 heavy (non-hydrogen) atoms. The molecule has 0 atom stereocenters. The van der Waals surface area contributed by atoms with Crippen LogP contribution in [0.25, 0.3) is 0 Å². The van der Waals surface area contributed by atoms with Gasteiger partial charge in [-0.05, 0) is 30.0 Å². The van der Waals surface area contributed by atoms with Gasteiger partial charge in [0.2, 0.25) is 0 Å². The van der Waals surface area contributed by atoms with E-state index >= 15 is 0 Å². The lowest BCUT2D eigenvalue weighted by molar-refractivity contribution is -0.0498. The van der Waals surface area contributed by atoms with Crippen molar-refractivity contribution in [1.82, 2.24) is 5.32 Å². The highest BCUT2D eigenvalue weighted by Crippen LogP contribution is 2.20. The van der Waals surface area contributed by atoms with Crippen LogP contribution >= 0.6 is 15.9 Å². The van der Waals surface area contributed by atoms with Gasteiger partial charge in [-0.3, -0.25) is 4.79 Å². The van der Waals surface area contributed by atoms with E-state index in [1.807, 2.05) is 13.8 Å². The second-order valence-corrected chi connectivity index (χ2v) is 5.99. The zero-order valence-corrected chi connectivity index (χ0v) is 13.0. The monoisotopic (exact) mass is 349 g/mol. The van der Waals surface area contributed by atoms with E-state index in [4.69, 9.17) is 0 Å². The Balaban J connectivity index is 2.63. The lowest BCUT2D eigenvalue weighted by Gasteiger charge is -2.23. The number of ether oxygens (including phenoxy) is 1. The number of carbonyl (C=O) groups excluding carboxylic acids is 1. The Labute approximate surface area is 125 Å². The summed E-state index contributed by atoms with van der Waals surface area (Å²) in [6.07, 6.45) is 0.918. The molecule has 6 heteroatoms. The van der Waals surface area contributed by atoms with Gasteiger partial charge < -0.3 is 10.1 Å². The van der Waals surface area contributed by atoms with E-state index in [-0.39, 0.29) is 17.1 Å². The predicted molar refractivity (Wildman–Crippen MR) is 77.6 cm³/mol. The molecule has 0 spiro atoms. The molecule has 1 amide bonds. The Hall–Kier alpha value is -1.17. The standard InChI is InChI=1S/C14H18BrF2NO2/c1-14(2,6-7-15)9-18-12(19)10-4-3-5-11(8-10)20-13(16)17/h3-5,8,13H,6-7,9H2,1-2H3,(H,18,19). The fraction of sp³-hybridized carbons (Fsp3) is 0.500. The minimum absolute atomic E-state index is 0.0210. The van der Waals surface area contributed by atoms with Crippen molar-refractivity contribution < 1.29 is 18.3 Å². The van der Waals surface area contributed by atoms with Gasteiger partial charge in [-0.15, -0.1) is 0 Å². The van der Waals surface area contributed by atoms with Gasteiger partial charge in [-0.2, -0.15) is 8.78 Å². The zero-order valence-electron chi connectivity index (χ0n) is 11.5. The third-order valence-corrected chi connectivity index (χ3v) is 3.22. The summed E-state index contributed by atoms with van der Waals surface area (Å²) >= 11 is 3.37. The van der Waals surface area contributed by atoms with Crippen LogP contribution in [-0.2, 0) is 0 Å². The number of amides is 1. The highest BCUT2D eigenvalue weighted by atomic mass is 79.9. The van der Waals surface area contributed by atoms with Crippen molar-refractivity contribution in [3.8, 4) is 5.75 Å². The van der Waals surface area contributed by atoms with E-state index in [1.54, 1.807) is 6.07 Å². The smallest absolute Gasteiger partial charge is 0.387 e. The maximum Gasteiger partial charge on any atom is 0.387 e. The van der Waals surface area contributed by atoms with Crippen molar-refractivity contribution in [1.29, 1.82) is 0 Å². The molecule has 0 fully saturated rings. The second-order valence-electron chi connectivity index (χ2n) is 5.19. The Morgan fingerprint density at radius 3 is 2.75 bits per heavy atom. The SMILES string of the molecule is CC(C)(CCBr)CNC(=O)c1cccc(OC(F)F)c1. The van der Waals surface area contributed by atoms with Crippen molar-refractivity contribution in [2.75, 3.05) is 11.9 Å². The van der Waals surface area contributed by atoms with Crippen LogP contribution in [-0.4, -0.2) is 24.4 Å². The van der Waals surface area contributed by atoms with Crippen molar-refractivity contribution in [2.45, 2.75) is 26.9 Å². The minimum atomic E-state index is -2.90. The van der Waals surface area contributed by atoms with Crippen LogP contribution in [0.4, 0.5) is 8.78 Å². The topological polar surface area (TPSA) is 38.3 Å². The number of hydrogen-bond donors (Lipinski definition) is 1. The third kappa shape index (κ3) is 5.86. The van der Waals surface area contributed by atoms with Gasteiger partial charge in [0, 0.05) is 17.4 Å². The van der Waals surface area contributed by atoms with Crippen LogP contribution in [0, 0.1) is 5.41 Å². The van der Waals surface area contributed by atoms with E-state index in [0.29, 0.717) is 12.1 Å². The van der Waals surface area contributed by atoms with Gasteiger partial charge in [-0.1, -0.05) is 35.8 Å². The summed E-state index contributed by atoms with van der Waals surface area (Å²) in [4.78, 5) is 12.0.